The Bertz CT molecular complexity index is 1370. The maximum absolute atomic E-state index is 13.7. The lowest BCUT2D eigenvalue weighted by Crippen LogP contribution is -2.46. The number of aromatic nitrogens is 1. The quantitative estimate of drug-likeness (QED) is 0.502. The van der Waals surface area contributed by atoms with Gasteiger partial charge in [0.2, 0.25) is 10.0 Å². The number of nitrogens with one attached hydrogen (secondary N) is 1. The van der Waals surface area contributed by atoms with Crippen LogP contribution < -0.4 is 5.32 Å². The highest BCUT2D eigenvalue weighted by Gasteiger charge is 2.39. The Labute approximate surface area is 198 Å². The smallest absolute Gasteiger partial charge is 0.357 e. The molecule has 0 amide bonds. The molecule has 2 aromatic carbocycles. The van der Waals surface area contributed by atoms with Crippen molar-refractivity contribution in [2.45, 2.75) is 16.7 Å². The molecule has 1 aliphatic rings. The van der Waals surface area contributed by atoms with E-state index in [0.717, 1.165) is 3.97 Å². The van der Waals surface area contributed by atoms with Crippen LogP contribution in [0.25, 0.3) is 10.9 Å². The summed E-state index contributed by atoms with van der Waals surface area (Å²) >= 11 is 0. The Morgan fingerprint density at radius 1 is 0.939 bits per heavy atom. The summed E-state index contributed by atoms with van der Waals surface area (Å²) in [4.78, 5) is 12.6. The van der Waals surface area contributed by atoms with Crippen LogP contribution in [0.5, 0.6) is 0 Å². The van der Waals surface area contributed by atoms with E-state index < -0.39 is 31.7 Å². The van der Waals surface area contributed by atoms with Crippen molar-refractivity contribution in [2.24, 2.45) is 0 Å². The molecule has 178 valence electrons. The molecule has 1 aromatic heterocycles. The number of rotatable bonds is 6. The molecule has 0 aliphatic carbocycles. The summed E-state index contributed by atoms with van der Waals surface area (Å²) in [6, 6.07) is 13.7. The van der Waals surface area contributed by atoms with Gasteiger partial charge in [0.1, 0.15) is 4.90 Å². The molecular formula is C21H24ClN3O6S2. The zero-order valence-electron chi connectivity index (χ0n) is 17.8. The highest BCUT2D eigenvalue weighted by atomic mass is 35.5. The third-order valence-corrected chi connectivity index (χ3v) is 8.91. The normalized spacial score (nSPS) is 15.2. The van der Waals surface area contributed by atoms with Crippen molar-refractivity contribution in [2.75, 3.05) is 32.8 Å². The molecule has 1 fully saturated rings. The molecule has 2 heterocycles. The van der Waals surface area contributed by atoms with Crippen LogP contribution in [0.4, 0.5) is 0 Å². The van der Waals surface area contributed by atoms with E-state index in [1.54, 1.807) is 37.3 Å². The highest BCUT2D eigenvalue weighted by molar-refractivity contribution is 7.91. The van der Waals surface area contributed by atoms with Gasteiger partial charge in [0.05, 0.1) is 17.0 Å². The number of esters is 1. The minimum atomic E-state index is -4.31. The molecule has 0 bridgehead atoms. The Kier molecular flexibility index (Phi) is 7.49. The number of carbonyl (C=O) groups is 1. The van der Waals surface area contributed by atoms with Crippen LogP contribution in [0.15, 0.2) is 64.4 Å². The molecule has 1 saturated heterocycles. The lowest BCUT2D eigenvalue weighted by Gasteiger charge is -2.26. The van der Waals surface area contributed by atoms with Crippen molar-refractivity contribution in [3.05, 3.63) is 60.3 Å². The zero-order valence-corrected chi connectivity index (χ0v) is 20.2. The van der Waals surface area contributed by atoms with Gasteiger partial charge in [0, 0.05) is 31.6 Å². The van der Waals surface area contributed by atoms with Crippen molar-refractivity contribution in [3.8, 4) is 0 Å². The van der Waals surface area contributed by atoms with E-state index in [1.165, 1.54) is 28.6 Å². The number of hydrogen-bond acceptors (Lipinski definition) is 7. The van der Waals surface area contributed by atoms with Crippen LogP contribution in [0.2, 0.25) is 0 Å². The summed E-state index contributed by atoms with van der Waals surface area (Å²) in [6.07, 6.45) is 0. The molecule has 1 aliphatic heterocycles. The van der Waals surface area contributed by atoms with Crippen LogP contribution >= 0.6 is 12.4 Å². The molecule has 0 unspecified atom stereocenters. The molecule has 0 atom stereocenters. The number of piperazine rings is 1. The minimum absolute atomic E-state index is 0. The molecule has 9 nitrogen and oxygen atoms in total. The van der Waals surface area contributed by atoms with Gasteiger partial charge in [0.15, 0.2) is 5.69 Å². The lowest BCUT2D eigenvalue weighted by atomic mass is 10.2. The van der Waals surface area contributed by atoms with E-state index in [0.29, 0.717) is 13.1 Å². The van der Waals surface area contributed by atoms with E-state index in [1.807, 2.05) is 0 Å². The van der Waals surface area contributed by atoms with Crippen molar-refractivity contribution in [3.63, 3.8) is 0 Å². The number of para-hydroxylation sites is 1. The maximum Gasteiger partial charge on any atom is 0.357 e. The van der Waals surface area contributed by atoms with Gasteiger partial charge in [-0.2, -0.15) is 4.31 Å². The van der Waals surface area contributed by atoms with Crippen LogP contribution in [-0.4, -0.2) is 63.9 Å². The first-order chi connectivity index (χ1) is 15.3. The van der Waals surface area contributed by atoms with Crippen molar-refractivity contribution >= 4 is 49.3 Å². The van der Waals surface area contributed by atoms with Crippen LogP contribution in [0, 0.1) is 0 Å². The molecule has 12 heteroatoms. The van der Waals surface area contributed by atoms with E-state index in [2.05, 4.69) is 5.32 Å². The van der Waals surface area contributed by atoms with Crippen molar-refractivity contribution in [1.29, 1.82) is 0 Å². The number of hydrogen-bond donors (Lipinski definition) is 1. The summed E-state index contributed by atoms with van der Waals surface area (Å²) in [5.74, 6) is -1.02. The number of ether oxygens (including phenoxy) is 1. The Morgan fingerprint density at radius 2 is 1.55 bits per heavy atom. The molecule has 33 heavy (non-hydrogen) atoms. The summed E-state index contributed by atoms with van der Waals surface area (Å²) in [6.45, 7) is 2.84. The second-order valence-electron chi connectivity index (χ2n) is 7.15. The number of carbonyl (C=O) groups excluding carboxylic acids is 1. The van der Waals surface area contributed by atoms with E-state index in [-0.39, 0.29) is 52.8 Å². The van der Waals surface area contributed by atoms with Crippen LogP contribution in [0.1, 0.15) is 17.4 Å². The SMILES string of the molecule is CCOC(=O)c1c(S(=O)(=O)N2CCNCC2)c2ccccc2n1S(=O)(=O)c1ccccc1.Cl. The van der Waals surface area contributed by atoms with Gasteiger partial charge in [-0.15, -0.1) is 12.4 Å². The van der Waals surface area contributed by atoms with E-state index in [9.17, 15) is 21.6 Å². The molecule has 0 radical (unpaired) electrons. The fourth-order valence-corrected chi connectivity index (χ4v) is 7.17. The number of sulfonamides is 1. The number of halogens is 1. The predicted molar refractivity (Wildman–Crippen MR) is 126 cm³/mol. The third kappa shape index (κ3) is 4.38. The predicted octanol–water partition coefficient (Wildman–Crippen LogP) is 2.07. The molecule has 0 spiro atoms. The minimum Gasteiger partial charge on any atom is -0.461 e. The van der Waals surface area contributed by atoms with Gasteiger partial charge in [-0.3, -0.25) is 0 Å². The first-order valence-corrected chi connectivity index (χ1v) is 13.0. The highest BCUT2D eigenvalue weighted by Crippen LogP contribution is 2.35. The van der Waals surface area contributed by atoms with E-state index in [4.69, 9.17) is 4.74 Å². The summed E-state index contributed by atoms with van der Waals surface area (Å²) in [7, 11) is -8.51. The molecule has 0 saturated carbocycles. The molecule has 3 aromatic rings. The topological polar surface area (TPSA) is 115 Å². The second kappa shape index (κ2) is 9.82. The zero-order chi connectivity index (χ0) is 22.9. The summed E-state index contributed by atoms with van der Waals surface area (Å²) < 4.78 is 61.8. The standard InChI is InChI=1S/C21H23N3O6S2.ClH/c1-2-30-21(25)19-20(32(28,29)23-14-12-22-13-15-23)17-10-6-7-11-18(17)24(19)31(26,27)16-8-4-3-5-9-16;/h3-11,22H,2,12-15H2,1H3;1H. The largest absolute Gasteiger partial charge is 0.461 e. The van der Waals surface area contributed by atoms with Gasteiger partial charge in [0.25, 0.3) is 10.0 Å². The Balaban J connectivity index is 0.00000306. The lowest BCUT2D eigenvalue weighted by molar-refractivity contribution is 0.0513. The molecule has 1 N–H and O–H groups in total. The molecular weight excluding hydrogens is 490 g/mol. The average molecular weight is 514 g/mol. The Hall–Kier alpha value is -2.44. The first-order valence-electron chi connectivity index (χ1n) is 10.1. The second-order valence-corrected chi connectivity index (χ2v) is 10.8. The van der Waals surface area contributed by atoms with Crippen LogP contribution in [0.3, 0.4) is 0 Å². The first kappa shape index (κ1) is 25.2. The third-order valence-electron chi connectivity index (χ3n) is 5.21. The number of benzene rings is 2. The van der Waals surface area contributed by atoms with Crippen molar-refractivity contribution < 1.29 is 26.4 Å². The Morgan fingerprint density at radius 3 is 2.18 bits per heavy atom. The van der Waals surface area contributed by atoms with Gasteiger partial charge >= 0.3 is 5.97 Å². The fourth-order valence-electron chi connectivity index (χ4n) is 3.78. The number of nitrogens with zero attached hydrogens (tertiary/aromatic N) is 2. The monoisotopic (exact) mass is 513 g/mol. The fraction of sp³-hybridized carbons (Fsp3) is 0.286. The average Bonchev–Trinajstić information content (AvgIpc) is 3.17. The summed E-state index contributed by atoms with van der Waals surface area (Å²) in [5, 5.41) is 3.23. The number of fused-ring (bicyclic) bond motifs is 1. The van der Waals surface area contributed by atoms with Gasteiger partial charge < -0.3 is 10.1 Å². The van der Waals surface area contributed by atoms with Gasteiger partial charge in [-0.1, -0.05) is 36.4 Å². The van der Waals surface area contributed by atoms with Gasteiger partial charge in [-0.25, -0.2) is 25.6 Å². The summed E-state index contributed by atoms with van der Waals surface area (Å²) in [5.41, 5.74) is -0.427. The van der Waals surface area contributed by atoms with E-state index >= 15 is 0 Å². The van der Waals surface area contributed by atoms with Gasteiger partial charge in [-0.05, 0) is 25.1 Å². The molecule has 4 rings (SSSR count). The van der Waals surface area contributed by atoms with Crippen LogP contribution in [-0.2, 0) is 24.8 Å². The maximum atomic E-state index is 13.7. The van der Waals surface area contributed by atoms with Crippen molar-refractivity contribution in [1.82, 2.24) is 13.6 Å².